The first-order valence-electron chi connectivity index (χ1n) is 22.1. The predicted molar refractivity (Wildman–Crippen MR) is 221 cm³/mol. The van der Waals surface area contributed by atoms with E-state index >= 15 is 0 Å². The van der Waals surface area contributed by atoms with Gasteiger partial charge >= 0.3 is 22.3 Å². The minimum absolute atomic E-state index is 0.163. The largest absolute Gasteiger partial charge is 0.462 e. The molecule has 0 unspecified atom stereocenters. The molecule has 1 fully saturated rings. The van der Waals surface area contributed by atoms with Gasteiger partial charge in [-0.05, 0) is 44.9 Å². The topological polar surface area (TPSA) is 195 Å². The van der Waals surface area contributed by atoms with Crippen LogP contribution in [0.2, 0.25) is 0 Å². The summed E-state index contributed by atoms with van der Waals surface area (Å²) in [4.78, 5) is 25.4. The van der Waals surface area contributed by atoms with Gasteiger partial charge in [0.2, 0.25) is 0 Å². The molecule has 1 aliphatic rings. The Labute approximate surface area is 344 Å². The lowest BCUT2D eigenvalue weighted by atomic mass is 9.99. The number of aliphatic hydroxyl groups excluding tert-OH is 3. The number of carbonyl (C=O) groups excluding carboxylic acids is 2. The highest BCUT2D eigenvalue weighted by Crippen LogP contribution is 2.23. The van der Waals surface area contributed by atoms with Gasteiger partial charge in [0.15, 0.2) is 12.4 Å². The number of hydrogen-bond acceptors (Lipinski definition) is 12. The van der Waals surface area contributed by atoms with Crippen LogP contribution >= 0.6 is 0 Å². The molecule has 0 spiro atoms. The monoisotopic (exact) mass is 835 g/mol. The van der Waals surface area contributed by atoms with E-state index < -0.39 is 72.4 Å². The van der Waals surface area contributed by atoms with Crippen molar-refractivity contribution in [1.29, 1.82) is 0 Å². The van der Waals surface area contributed by atoms with Gasteiger partial charge in [-0.15, -0.1) is 0 Å². The highest BCUT2D eigenvalue weighted by Gasteiger charge is 2.45. The van der Waals surface area contributed by atoms with Crippen molar-refractivity contribution in [2.24, 2.45) is 0 Å². The van der Waals surface area contributed by atoms with E-state index in [0.29, 0.717) is 12.8 Å². The maximum absolute atomic E-state index is 12.8. The molecular weight excluding hydrogens is 757 g/mol. The summed E-state index contributed by atoms with van der Waals surface area (Å²) in [6.45, 7) is 2.85. The zero-order valence-corrected chi connectivity index (χ0v) is 36.0. The lowest BCUT2D eigenvalue weighted by molar-refractivity contribution is -0.304. The number of aliphatic hydroxyl groups is 3. The zero-order valence-electron chi connectivity index (χ0n) is 35.2. The molecule has 13 nitrogen and oxygen atoms in total. The molecule has 0 saturated carbocycles. The summed E-state index contributed by atoms with van der Waals surface area (Å²) >= 11 is 0. The van der Waals surface area contributed by atoms with E-state index in [1.54, 1.807) is 0 Å². The molecule has 1 rings (SSSR count). The fraction of sp³-hybridized carbons (Fsp3) is 0.860. The van der Waals surface area contributed by atoms with Crippen molar-refractivity contribution < 1.29 is 61.0 Å². The molecular formula is C43H78O13S. The lowest BCUT2D eigenvalue weighted by Crippen LogP contribution is -2.59. The van der Waals surface area contributed by atoms with Crippen LogP contribution in [0.1, 0.15) is 181 Å². The number of esters is 2. The molecule has 1 heterocycles. The van der Waals surface area contributed by atoms with Gasteiger partial charge < -0.3 is 34.3 Å². The molecule has 14 heteroatoms. The van der Waals surface area contributed by atoms with Crippen LogP contribution in [0.5, 0.6) is 0 Å². The van der Waals surface area contributed by atoms with Crippen LogP contribution in [-0.4, -0.2) is 96.9 Å². The summed E-state index contributed by atoms with van der Waals surface area (Å²) in [5, 5.41) is 31.0. The zero-order chi connectivity index (χ0) is 42.0. The van der Waals surface area contributed by atoms with Gasteiger partial charge in [0.05, 0.1) is 13.2 Å². The van der Waals surface area contributed by atoms with Crippen LogP contribution in [-0.2, 0) is 43.1 Å². The second-order valence-corrected chi connectivity index (χ2v) is 16.4. The number of hydrogen-bond donors (Lipinski definition) is 4. The van der Waals surface area contributed by atoms with Crippen molar-refractivity contribution in [1.82, 2.24) is 0 Å². The molecule has 0 aromatic rings. The predicted octanol–water partition coefficient (Wildman–Crippen LogP) is 8.38. The minimum Gasteiger partial charge on any atom is -0.462 e. The molecule has 57 heavy (non-hydrogen) atoms. The molecule has 6 atom stereocenters. The smallest absolute Gasteiger partial charge is 0.397 e. The molecule has 0 bridgehead atoms. The van der Waals surface area contributed by atoms with Crippen molar-refractivity contribution >= 4 is 22.3 Å². The van der Waals surface area contributed by atoms with Gasteiger partial charge in [-0.2, -0.15) is 8.42 Å². The van der Waals surface area contributed by atoms with Crippen LogP contribution in [0.15, 0.2) is 24.3 Å². The van der Waals surface area contributed by atoms with Crippen LogP contribution in [0.25, 0.3) is 0 Å². The van der Waals surface area contributed by atoms with Crippen molar-refractivity contribution in [3.05, 3.63) is 24.3 Å². The molecule has 0 aromatic heterocycles. The Hall–Kier alpha value is -1.91. The third-order valence-corrected chi connectivity index (χ3v) is 10.5. The van der Waals surface area contributed by atoms with Crippen molar-refractivity contribution in [3.63, 3.8) is 0 Å². The molecule has 1 saturated heterocycles. The second-order valence-electron chi connectivity index (χ2n) is 15.3. The Morgan fingerprint density at radius 3 is 1.63 bits per heavy atom. The molecule has 4 N–H and O–H groups in total. The average molecular weight is 835 g/mol. The molecule has 334 valence electrons. The summed E-state index contributed by atoms with van der Waals surface area (Å²) < 4.78 is 57.2. The second kappa shape index (κ2) is 34.9. The third-order valence-electron chi connectivity index (χ3n) is 10.0. The maximum Gasteiger partial charge on any atom is 0.397 e. The normalized spacial score (nSPS) is 20.7. The molecule has 1 aliphatic heterocycles. The summed E-state index contributed by atoms with van der Waals surface area (Å²) in [5.74, 6) is -0.954. The quantitative estimate of drug-likeness (QED) is 0.0202. The number of carbonyl (C=O) groups is 2. The van der Waals surface area contributed by atoms with Crippen molar-refractivity contribution in [2.45, 2.75) is 218 Å². The lowest BCUT2D eigenvalue weighted by Gasteiger charge is -2.40. The highest BCUT2D eigenvalue weighted by molar-refractivity contribution is 7.80. The Morgan fingerprint density at radius 1 is 0.614 bits per heavy atom. The molecule has 0 radical (unpaired) electrons. The number of allylic oxidation sites excluding steroid dienone is 4. The number of unbranched alkanes of at least 4 members (excludes halogenated alkanes) is 20. The summed E-state index contributed by atoms with van der Waals surface area (Å²) in [6.07, 6.45) is 26.7. The standard InChI is InChI=1S/C43H78O13S/c1-3-5-7-9-11-13-15-17-18-20-21-23-25-27-29-31-38(44)52-33-36(34-53-43-42(48)41(47)40(46)37(56-43)35-54-57(49,50)51)55-39(45)32-30-28-26-24-22-19-16-14-12-10-8-6-4-2/h11,13,17-18,36-37,40-43,46-48H,3-10,12,14-16,19-35H2,1-2H3,(H,49,50,51)/b13-11-,18-17-/t36-,37-,40-,41+,42-,43+/m1/s1. The SMILES string of the molecule is CCCCC/C=C\C/C=C\CCCCCCCC(=O)OC[C@H](CO[C@H]1O[C@H](COS(=O)(=O)O)[C@@H](O)[C@H](O)[C@H]1O)OC(=O)CCCCCCCCCCCCCCC. The Kier molecular flexibility index (Phi) is 32.5. The number of ether oxygens (including phenoxy) is 4. The van der Waals surface area contributed by atoms with Crippen LogP contribution in [0.4, 0.5) is 0 Å². The van der Waals surface area contributed by atoms with E-state index in [2.05, 4.69) is 42.3 Å². The molecule has 0 amide bonds. The fourth-order valence-electron chi connectivity index (χ4n) is 6.53. The first-order valence-corrected chi connectivity index (χ1v) is 23.4. The van der Waals surface area contributed by atoms with Gasteiger partial charge in [0, 0.05) is 12.8 Å². The van der Waals surface area contributed by atoms with Gasteiger partial charge in [0.1, 0.15) is 31.0 Å². The summed E-state index contributed by atoms with van der Waals surface area (Å²) in [5.41, 5.74) is 0. The van der Waals surface area contributed by atoms with Crippen LogP contribution < -0.4 is 0 Å². The summed E-state index contributed by atoms with van der Waals surface area (Å²) in [7, 11) is -4.88. The van der Waals surface area contributed by atoms with Gasteiger partial charge in [-0.3, -0.25) is 14.1 Å². The van der Waals surface area contributed by atoms with E-state index in [9.17, 15) is 33.3 Å². The highest BCUT2D eigenvalue weighted by atomic mass is 32.3. The maximum atomic E-state index is 12.8. The first-order chi connectivity index (χ1) is 27.5. The Balaban J connectivity index is 2.49. The number of rotatable bonds is 37. The van der Waals surface area contributed by atoms with E-state index in [0.717, 1.165) is 64.2 Å². The third kappa shape index (κ3) is 29.9. The average Bonchev–Trinajstić information content (AvgIpc) is 3.18. The Bertz CT molecular complexity index is 1160. The summed E-state index contributed by atoms with van der Waals surface area (Å²) in [6, 6.07) is 0. The first kappa shape index (κ1) is 53.1. The minimum atomic E-state index is -4.88. The van der Waals surface area contributed by atoms with E-state index in [1.807, 2.05) is 0 Å². The molecule has 0 aliphatic carbocycles. The van der Waals surface area contributed by atoms with E-state index in [-0.39, 0.29) is 19.4 Å². The van der Waals surface area contributed by atoms with Crippen LogP contribution in [0, 0.1) is 0 Å². The van der Waals surface area contributed by atoms with Gasteiger partial charge in [0.25, 0.3) is 0 Å². The van der Waals surface area contributed by atoms with Crippen LogP contribution in [0.3, 0.4) is 0 Å². The fourth-order valence-corrected chi connectivity index (χ4v) is 6.84. The van der Waals surface area contributed by atoms with Gasteiger partial charge in [-0.1, -0.05) is 147 Å². The Morgan fingerprint density at radius 2 is 1.09 bits per heavy atom. The van der Waals surface area contributed by atoms with Crippen molar-refractivity contribution in [2.75, 3.05) is 19.8 Å². The van der Waals surface area contributed by atoms with Crippen molar-refractivity contribution in [3.8, 4) is 0 Å². The van der Waals surface area contributed by atoms with E-state index in [4.69, 9.17) is 23.5 Å². The molecule has 0 aromatic carbocycles. The van der Waals surface area contributed by atoms with E-state index in [1.165, 1.54) is 77.0 Å². The van der Waals surface area contributed by atoms with Gasteiger partial charge in [-0.25, -0.2) is 4.18 Å².